The molecule has 0 atom stereocenters. The first-order valence-electron chi connectivity index (χ1n) is 7.16. The van der Waals surface area contributed by atoms with Crippen LogP contribution in [0, 0.1) is 0 Å². The van der Waals surface area contributed by atoms with Gasteiger partial charge in [0.25, 0.3) is 5.91 Å². The number of carbonyl (C=O) groups is 2. The van der Waals surface area contributed by atoms with Crippen molar-refractivity contribution in [1.82, 2.24) is 15.0 Å². The van der Waals surface area contributed by atoms with Gasteiger partial charge in [-0.05, 0) is 25.0 Å². The van der Waals surface area contributed by atoms with Gasteiger partial charge in [-0.2, -0.15) is 18.2 Å². The minimum atomic E-state index is -4.71. The summed E-state index contributed by atoms with van der Waals surface area (Å²) in [6.45, 7) is 0.0189. The standard InChI is InChI=1S/C15H12F3N3O3/c16-15(17,18)14-19-12(20-24-14)9-1-3-10(4-2-9)13(23)21(7-8-22)11-5-6-11/h1-4,8,11H,5-7H2. The molecule has 1 aliphatic rings. The summed E-state index contributed by atoms with van der Waals surface area (Å²) in [6.07, 6.45) is -2.31. The van der Waals surface area contributed by atoms with E-state index in [-0.39, 0.29) is 24.3 Å². The van der Waals surface area contributed by atoms with E-state index in [1.165, 1.54) is 29.2 Å². The van der Waals surface area contributed by atoms with Gasteiger partial charge in [-0.1, -0.05) is 17.3 Å². The van der Waals surface area contributed by atoms with E-state index in [0.29, 0.717) is 17.4 Å². The van der Waals surface area contributed by atoms with Crippen molar-refractivity contribution < 1.29 is 27.3 Å². The molecule has 1 aromatic heterocycles. The van der Waals surface area contributed by atoms with E-state index in [9.17, 15) is 22.8 Å². The zero-order valence-corrected chi connectivity index (χ0v) is 12.3. The Labute approximate surface area is 134 Å². The maximum atomic E-state index is 12.5. The van der Waals surface area contributed by atoms with Crippen LogP contribution in [0.25, 0.3) is 11.4 Å². The van der Waals surface area contributed by atoms with Crippen molar-refractivity contribution >= 4 is 12.2 Å². The molecule has 0 spiro atoms. The second kappa shape index (κ2) is 6.06. The number of benzene rings is 1. The number of alkyl halides is 3. The third-order valence-corrected chi connectivity index (χ3v) is 3.58. The smallest absolute Gasteiger partial charge is 0.329 e. The van der Waals surface area contributed by atoms with Gasteiger partial charge in [0.05, 0.1) is 6.54 Å². The SMILES string of the molecule is O=CCN(C(=O)c1ccc(-c2noc(C(F)(F)F)n2)cc1)C1CC1. The van der Waals surface area contributed by atoms with Crippen molar-refractivity contribution in [2.45, 2.75) is 25.1 Å². The highest BCUT2D eigenvalue weighted by Crippen LogP contribution is 2.30. The van der Waals surface area contributed by atoms with Crippen LogP contribution in [0.5, 0.6) is 0 Å². The molecule has 1 saturated carbocycles. The molecule has 0 bridgehead atoms. The van der Waals surface area contributed by atoms with Gasteiger partial charge in [0.15, 0.2) is 0 Å². The Kier molecular flexibility index (Phi) is 4.08. The second-order valence-corrected chi connectivity index (χ2v) is 5.35. The van der Waals surface area contributed by atoms with Crippen LogP contribution in [0.2, 0.25) is 0 Å². The first-order valence-corrected chi connectivity index (χ1v) is 7.16. The van der Waals surface area contributed by atoms with Crippen molar-refractivity contribution in [3.8, 4) is 11.4 Å². The average Bonchev–Trinajstić information content (AvgIpc) is 3.26. The van der Waals surface area contributed by atoms with Gasteiger partial charge in [0.2, 0.25) is 5.82 Å². The molecule has 1 aliphatic carbocycles. The molecule has 0 unspecified atom stereocenters. The predicted molar refractivity (Wildman–Crippen MR) is 74.9 cm³/mol. The van der Waals surface area contributed by atoms with Crippen LogP contribution in [0.1, 0.15) is 29.1 Å². The maximum Gasteiger partial charge on any atom is 0.471 e. The number of halogens is 3. The van der Waals surface area contributed by atoms with Crippen molar-refractivity contribution in [2.75, 3.05) is 6.54 Å². The van der Waals surface area contributed by atoms with Gasteiger partial charge >= 0.3 is 12.1 Å². The summed E-state index contributed by atoms with van der Waals surface area (Å²) >= 11 is 0. The second-order valence-electron chi connectivity index (χ2n) is 5.35. The fourth-order valence-corrected chi connectivity index (χ4v) is 2.25. The molecule has 1 heterocycles. The van der Waals surface area contributed by atoms with Crippen LogP contribution in [-0.4, -0.2) is 39.8 Å². The highest BCUT2D eigenvalue weighted by atomic mass is 19.4. The summed E-state index contributed by atoms with van der Waals surface area (Å²) in [5.41, 5.74) is 0.631. The Balaban J connectivity index is 1.79. The van der Waals surface area contributed by atoms with Gasteiger partial charge in [0, 0.05) is 17.2 Å². The van der Waals surface area contributed by atoms with Gasteiger partial charge in [-0.15, -0.1) is 0 Å². The Morgan fingerprint density at radius 1 is 1.29 bits per heavy atom. The summed E-state index contributed by atoms with van der Waals surface area (Å²) < 4.78 is 41.5. The zero-order chi connectivity index (χ0) is 17.3. The molecule has 1 amide bonds. The molecule has 6 nitrogen and oxygen atoms in total. The summed E-state index contributed by atoms with van der Waals surface area (Å²) in [4.78, 5) is 27.8. The molecule has 0 saturated heterocycles. The van der Waals surface area contributed by atoms with E-state index in [1.54, 1.807) is 0 Å². The molecule has 1 aromatic carbocycles. The van der Waals surface area contributed by atoms with Crippen LogP contribution in [0.15, 0.2) is 28.8 Å². The van der Waals surface area contributed by atoms with Gasteiger partial charge < -0.3 is 14.2 Å². The Bertz CT molecular complexity index is 751. The number of hydrogen-bond donors (Lipinski definition) is 0. The molecule has 9 heteroatoms. The Morgan fingerprint density at radius 2 is 1.96 bits per heavy atom. The summed E-state index contributed by atoms with van der Waals surface area (Å²) in [5, 5.41) is 3.28. The van der Waals surface area contributed by atoms with E-state index in [2.05, 4.69) is 14.7 Å². The summed E-state index contributed by atoms with van der Waals surface area (Å²) in [5.74, 6) is -1.93. The number of carbonyl (C=O) groups excluding carboxylic acids is 2. The van der Waals surface area contributed by atoms with Crippen LogP contribution in [0.3, 0.4) is 0 Å². The molecule has 0 radical (unpaired) electrons. The third-order valence-electron chi connectivity index (χ3n) is 3.58. The van der Waals surface area contributed by atoms with E-state index in [4.69, 9.17) is 0 Å². The van der Waals surface area contributed by atoms with Crippen LogP contribution < -0.4 is 0 Å². The molecule has 0 N–H and O–H groups in total. The van der Waals surface area contributed by atoms with Crippen LogP contribution in [0.4, 0.5) is 13.2 Å². The van der Waals surface area contributed by atoms with Crippen molar-refractivity contribution in [3.05, 3.63) is 35.7 Å². The minimum absolute atomic E-state index is 0.0189. The Morgan fingerprint density at radius 3 is 2.46 bits per heavy atom. The fourth-order valence-electron chi connectivity index (χ4n) is 2.25. The lowest BCUT2D eigenvalue weighted by atomic mass is 10.1. The van der Waals surface area contributed by atoms with E-state index >= 15 is 0 Å². The number of aromatic nitrogens is 2. The molecule has 24 heavy (non-hydrogen) atoms. The highest BCUT2D eigenvalue weighted by Gasteiger charge is 2.38. The molecular weight excluding hydrogens is 327 g/mol. The quantitative estimate of drug-likeness (QED) is 0.783. The molecule has 3 rings (SSSR count). The fraction of sp³-hybridized carbons (Fsp3) is 0.333. The van der Waals surface area contributed by atoms with Gasteiger partial charge in [-0.25, -0.2) is 0 Å². The number of amides is 1. The number of nitrogens with zero attached hydrogens (tertiary/aromatic N) is 3. The first-order chi connectivity index (χ1) is 11.4. The summed E-state index contributed by atoms with van der Waals surface area (Å²) in [7, 11) is 0. The number of aldehydes is 1. The Hall–Kier alpha value is -2.71. The lowest BCUT2D eigenvalue weighted by Crippen LogP contribution is -2.34. The lowest BCUT2D eigenvalue weighted by molar-refractivity contribution is -0.159. The van der Waals surface area contributed by atoms with Crippen LogP contribution >= 0.6 is 0 Å². The van der Waals surface area contributed by atoms with Crippen molar-refractivity contribution in [2.24, 2.45) is 0 Å². The third kappa shape index (κ3) is 3.29. The first kappa shape index (κ1) is 16.2. The van der Waals surface area contributed by atoms with Crippen molar-refractivity contribution in [1.29, 1.82) is 0 Å². The molecule has 1 fully saturated rings. The van der Waals surface area contributed by atoms with Crippen LogP contribution in [-0.2, 0) is 11.0 Å². The minimum Gasteiger partial charge on any atom is -0.329 e. The predicted octanol–water partition coefficient (Wildman–Crippen LogP) is 2.56. The lowest BCUT2D eigenvalue weighted by Gasteiger charge is -2.19. The van der Waals surface area contributed by atoms with E-state index in [0.717, 1.165) is 12.8 Å². The van der Waals surface area contributed by atoms with E-state index < -0.39 is 12.1 Å². The topological polar surface area (TPSA) is 76.3 Å². The normalized spacial score (nSPS) is 14.5. The maximum absolute atomic E-state index is 12.5. The van der Waals surface area contributed by atoms with Crippen molar-refractivity contribution in [3.63, 3.8) is 0 Å². The number of rotatable bonds is 5. The molecule has 0 aliphatic heterocycles. The largest absolute Gasteiger partial charge is 0.471 e. The zero-order valence-electron chi connectivity index (χ0n) is 12.3. The van der Waals surface area contributed by atoms with E-state index in [1.807, 2.05) is 0 Å². The van der Waals surface area contributed by atoms with Gasteiger partial charge in [0.1, 0.15) is 6.29 Å². The number of hydrogen-bond acceptors (Lipinski definition) is 5. The highest BCUT2D eigenvalue weighted by molar-refractivity contribution is 5.96. The molecular formula is C15H12F3N3O3. The molecule has 2 aromatic rings. The monoisotopic (exact) mass is 339 g/mol. The molecule has 126 valence electrons. The van der Waals surface area contributed by atoms with Gasteiger partial charge in [-0.3, -0.25) is 4.79 Å². The summed E-state index contributed by atoms with van der Waals surface area (Å²) in [6, 6.07) is 5.87. The average molecular weight is 339 g/mol.